The summed E-state index contributed by atoms with van der Waals surface area (Å²) in [4.78, 5) is 20.6. The number of carbonyl (C=O) groups excluding carboxylic acids is 1. The van der Waals surface area contributed by atoms with Crippen LogP contribution >= 0.6 is 11.8 Å². The van der Waals surface area contributed by atoms with Crippen molar-refractivity contribution in [1.29, 1.82) is 0 Å². The SMILES string of the molecule is CCOC(=O)C1(NC2CC2)CCC(Sc2ccncn2)C1. The highest BCUT2D eigenvalue weighted by Gasteiger charge is 2.49. The number of ether oxygens (including phenoxy) is 1. The molecule has 21 heavy (non-hydrogen) atoms. The first-order valence-corrected chi connectivity index (χ1v) is 8.47. The molecule has 2 unspecified atom stereocenters. The zero-order valence-corrected chi connectivity index (χ0v) is 13.1. The van der Waals surface area contributed by atoms with Crippen LogP contribution in [-0.2, 0) is 9.53 Å². The van der Waals surface area contributed by atoms with Crippen molar-refractivity contribution in [2.24, 2.45) is 0 Å². The Kier molecular flexibility index (Phi) is 4.45. The molecule has 0 radical (unpaired) electrons. The maximum atomic E-state index is 12.4. The molecule has 0 saturated heterocycles. The second-order valence-electron chi connectivity index (χ2n) is 5.75. The Morgan fingerprint density at radius 3 is 3.05 bits per heavy atom. The van der Waals surface area contributed by atoms with Gasteiger partial charge in [0, 0.05) is 17.5 Å². The average molecular weight is 307 g/mol. The molecule has 1 heterocycles. The minimum absolute atomic E-state index is 0.0808. The van der Waals surface area contributed by atoms with Crippen LogP contribution in [0.4, 0.5) is 0 Å². The van der Waals surface area contributed by atoms with E-state index in [1.807, 2.05) is 13.0 Å². The Labute approximate surface area is 129 Å². The van der Waals surface area contributed by atoms with Crippen molar-refractivity contribution >= 4 is 17.7 Å². The summed E-state index contributed by atoms with van der Waals surface area (Å²) in [7, 11) is 0. The predicted molar refractivity (Wildman–Crippen MR) is 81.0 cm³/mol. The van der Waals surface area contributed by atoms with E-state index in [1.165, 1.54) is 12.8 Å². The fraction of sp³-hybridized carbons (Fsp3) is 0.667. The van der Waals surface area contributed by atoms with Crippen molar-refractivity contribution in [1.82, 2.24) is 15.3 Å². The minimum atomic E-state index is -0.484. The standard InChI is InChI=1S/C15H21N3O2S/c1-2-20-14(19)15(18-11-3-4-11)7-5-12(9-15)21-13-6-8-16-10-17-13/h6,8,10-12,18H,2-5,7,9H2,1H3. The van der Waals surface area contributed by atoms with E-state index in [4.69, 9.17) is 4.74 Å². The van der Waals surface area contributed by atoms with Crippen LogP contribution in [0.15, 0.2) is 23.6 Å². The number of thioether (sulfide) groups is 1. The quantitative estimate of drug-likeness (QED) is 0.642. The third-order valence-corrected chi connectivity index (χ3v) is 5.25. The summed E-state index contributed by atoms with van der Waals surface area (Å²) in [6.45, 7) is 2.31. The van der Waals surface area contributed by atoms with E-state index in [0.29, 0.717) is 17.9 Å². The third-order valence-electron chi connectivity index (χ3n) is 4.04. The highest BCUT2D eigenvalue weighted by Crippen LogP contribution is 2.42. The molecule has 2 saturated carbocycles. The molecule has 6 heteroatoms. The second kappa shape index (κ2) is 6.32. The molecule has 0 bridgehead atoms. The van der Waals surface area contributed by atoms with Gasteiger partial charge >= 0.3 is 5.97 Å². The maximum Gasteiger partial charge on any atom is 0.326 e. The van der Waals surface area contributed by atoms with Crippen LogP contribution < -0.4 is 5.32 Å². The summed E-state index contributed by atoms with van der Waals surface area (Å²) in [6.07, 6.45) is 8.34. The molecule has 1 aromatic rings. The Hall–Kier alpha value is -1.14. The highest BCUT2D eigenvalue weighted by molar-refractivity contribution is 7.99. The first kappa shape index (κ1) is 14.8. The molecule has 1 N–H and O–H groups in total. The summed E-state index contributed by atoms with van der Waals surface area (Å²) in [5.74, 6) is -0.0808. The van der Waals surface area contributed by atoms with Crippen molar-refractivity contribution < 1.29 is 9.53 Å². The molecule has 0 aromatic carbocycles. The van der Waals surface area contributed by atoms with Gasteiger partial charge in [0.05, 0.1) is 11.6 Å². The zero-order chi connectivity index (χ0) is 14.7. The second-order valence-corrected chi connectivity index (χ2v) is 7.07. The van der Waals surface area contributed by atoms with E-state index in [-0.39, 0.29) is 5.97 Å². The molecule has 0 amide bonds. The van der Waals surface area contributed by atoms with Gasteiger partial charge < -0.3 is 4.74 Å². The van der Waals surface area contributed by atoms with Crippen LogP contribution in [0, 0.1) is 0 Å². The minimum Gasteiger partial charge on any atom is -0.465 e. The lowest BCUT2D eigenvalue weighted by Crippen LogP contribution is -2.52. The first-order valence-electron chi connectivity index (χ1n) is 7.59. The van der Waals surface area contributed by atoms with Gasteiger partial charge in [-0.2, -0.15) is 0 Å². The molecule has 5 nitrogen and oxygen atoms in total. The number of carbonyl (C=O) groups is 1. The van der Waals surface area contributed by atoms with E-state index < -0.39 is 5.54 Å². The number of hydrogen-bond donors (Lipinski definition) is 1. The number of nitrogens with one attached hydrogen (secondary N) is 1. The van der Waals surface area contributed by atoms with Crippen LogP contribution in [0.5, 0.6) is 0 Å². The molecule has 2 fully saturated rings. The number of rotatable bonds is 6. The van der Waals surface area contributed by atoms with Crippen molar-refractivity contribution in [3.05, 3.63) is 18.6 Å². The Balaban J connectivity index is 1.66. The van der Waals surface area contributed by atoms with E-state index in [0.717, 1.165) is 24.3 Å². The van der Waals surface area contributed by atoms with Crippen LogP contribution in [0.1, 0.15) is 39.0 Å². The third kappa shape index (κ3) is 3.55. The topological polar surface area (TPSA) is 64.1 Å². The Bertz CT molecular complexity index is 495. The van der Waals surface area contributed by atoms with Crippen LogP contribution in [0.25, 0.3) is 0 Å². The van der Waals surface area contributed by atoms with E-state index in [1.54, 1.807) is 24.3 Å². The lowest BCUT2D eigenvalue weighted by Gasteiger charge is -2.28. The van der Waals surface area contributed by atoms with Gasteiger partial charge in [-0.15, -0.1) is 11.8 Å². The van der Waals surface area contributed by atoms with Gasteiger partial charge in [-0.25, -0.2) is 9.97 Å². The summed E-state index contributed by atoms with van der Waals surface area (Å²) in [6, 6.07) is 2.42. The summed E-state index contributed by atoms with van der Waals surface area (Å²) < 4.78 is 5.32. The summed E-state index contributed by atoms with van der Waals surface area (Å²) in [5.41, 5.74) is -0.484. The van der Waals surface area contributed by atoms with E-state index >= 15 is 0 Å². The molecule has 2 aliphatic rings. The van der Waals surface area contributed by atoms with E-state index in [2.05, 4.69) is 15.3 Å². The number of nitrogens with zero attached hydrogens (tertiary/aromatic N) is 2. The summed E-state index contributed by atoms with van der Waals surface area (Å²) >= 11 is 1.74. The molecule has 2 atom stereocenters. The maximum absolute atomic E-state index is 12.4. The molecule has 0 aliphatic heterocycles. The van der Waals surface area contributed by atoms with Crippen molar-refractivity contribution in [2.45, 2.75) is 60.9 Å². The lowest BCUT2D eigenvalue weighted by molar-refractivity contribution is -0.151. The van der Waals surface area contributed by atoms with Crippen LogP contribution in [0.3, 0.4) is 0 Å². The zero-order valence-electron chi connectivity index (χ0n) is 12.2. The molecule has 1 aromatic heterocycles. The largest absolute Gasteiger partial charge is 0.465 e. The molecule has 114 valence electrons. The fourth-order valence-electron chi connectivity index (χ4n) is 2.88. The monoisotopic (exact) mass is 307 g/mol. The van der Waals surface area contributed by atoms with Gasteiger partial charge in [0.25, 0.3) is 0 Å². The number of aromatic nitrogens is 2. The fourth-order valence-corrected chi connectivity index (χ4v) is 4.08. The van der Waals surface area contributed by atoms with Gasteiger partial charge in [0.1, 0.15) is 11.9 Å². The van der Waals surface area contributed by atoms with Gasteiger partial charge in [-0.05, 0) is 45.1 Å². The van der Waals surface area contributed by atoms with Crippen molar-refractivity contribution in [3.63, 3.8) is 0 Å². The van der Waals surface area contributed by atoms with Gasteiger partial charge in [0.15, 0.2) is 0 Å². The molecular weight excluding hydrogens is 286 g/mol. The molecule has 2 aliphatic carbocycles. The lowest BCUT2D eigenvalue weighted by atomic mass is 9.97. The average Bonchev–Trinajstić information content (AvgIpc) is 3.20. The van der Waals surface area contributed by atoms with E-state index in [9.17, 15) is 4.79 Å². The predicted octanol–water partition coefficient (Wildman–Crippen LogP) is 2.18. The van der Waals surface area contributed by atoms with Crippen LogP contribution in [0.2, 0.25) is 0 Å². The Morgan fingerprint density at radius 1 is 1.52 bits per heavy atom. The number of esters is 1. The molecule has 0 spiro atoms. The normalized spacial score (nSPS) is 28.5. The Morgan fingerprint density at radius 2 is 2.38 bits per heavy atom. The van der Waals surface area contributed by atoms with Gasteiger partial charge in [0.2, 0.25) is 0 Å². The highest BCUT2D eigenvalue weighted by atomic mass is 32.2. The number of hydrogen-bond acceptors (Lipinski definition) is 6. The molecular formula is C15H21N3O2S. The van der Waals surface area contributed by atoms with Crippen LogP contribution in [-0.4, -0.2) is 39.4 Å². The summed E-state index contributed by atoms with van der Waals surface area (Å²) in [5, 5.41) is 4.92. The smallest absolute Gasteiger partial charge is 0.326 e. The molecule has 3 rings (SSSR count). The first-order chi connectivity index (χ1) is 10.2. The van der Waals surface area contributed by atoms with Crippen molar-refractivity contribution in [2.75, 3.05) is 6.61 Å². The van der Waals surface area contributed by atoms with Crippen molar-refractivity contribution in [3.8, 4) is 0 Å². The van der Waals surface area contributed by atoms with Gasteiger partial charge in [-0.3, -0.25) is 10.1 Å². The van der Waals surface area contributed by atoms with Gasteiger partial charge in [-0.1, -0.05) is 0 Å².